The van der Waals surface area contributed by atoms with E-state index in [1.165, 1.54) is 0 Å². The fourth-order valence-corrected chi connectivity index (χ4v) is 1.99. The van der Waals surface area contributed by atoms with Crippen LogP contribution in [0.4, 0.5) is 5.82 Å². The second kappa shape index (κ2) is 5.04. The molecule has 3 nitrogen and oxygen atoms in total. The highest BCUT2D eigenvalue weighted by Crippen LogP contribution is 2.26. The van der Waals surface area contributed by atoms with Gasteiger partial charge in [0.05, 0.1) is 0 Å². The molecule has 2 aromatic rings. The molecular formula is C14H19N3. The molecule has 0 unspecified atom stereocenters. The van der Waals surface area contributed by atoms with Crippen molar-refractivity contribution < 1.29 is 0 Å². The van der Waals surface area contributed by atoms with Gasteiger partial charge in [0.15, 0.2) is 0 Å². The molecule has 0 bridgehead atoms. The van der Waals surface area contributed by atoms with E-state index in [0.717, 1.165) is 42.3 Å². The minimum Gasteiger partial charge on any atom is -0.383 e. The molecule has 0 aliphatic rings. The molecule has 0 aliphatic carbocycles. The smallest absolute Gasteiger partial charge is 0.131 e. The van der Waals surface area contributed by atoms with Gasteiger partial charge in [-0.15, -0.1) is 0 Å². The van der Waals surface area contributed by atoms with E-state index in [-0.39, 0.29) is 0 Å². The highest BCUT2D eigenvalue weighted by molar-refractivity contribution is 5.70. The lowest BCUT2D eigenvalue weighted by molar-refractivity contribution is 0.622. The van der Waals surface area contributed by atoms with Crippen molar-refractivity contribution in [2.45, 2.75) is 33.2 Å². The molecule has 0 saturated carbocycles. The maximum absolute atomic E-state index is 6.18. The first kappa shape index (κ1) is 11.7. The van der Waals surface area contributed by atoms with Crippen molar-refractivity contribution in [1.29, 1.82) is 0 Å². The summed E-state index contributed by atoms with van der Waals surface area (Å²) < 4.78 is 2.10. The van der Waals surface area contributed by atoms with Crippen LogP contribution in [0.5, 0.6) is 0 Å². The van der Waals surface area contributed by atoms with Crippen molar-refractivity contribution in [3.05, 3.63) is 36.2 Å². The summed E-state index contributed by atoms with van der Waals surface area (Å²) in [5, 5.41) is 0. The maximum Gasteiger partial charge on any atom is 0.131 e. The quantitative estimate of drug-likeness (QED) is 0.874. The van der Waals surface area contributed by atoms with Crippen molar-refractivity contribution in [2.24, 2.45) is 0 Å². The van der Waals surface area contributed by atoms with Gasteiger partial charge in [0.25, 0.3) is 0 Å². The number of nitrogens with zero attached hydrogens (tertiary/aromatic N) is 2. The molecule has 0 fully saturated rings. The number of unbranched alkanes of at least 4 members (excludes halogenated alkanes) is 1. The van der Waals surface area contributed by atoms with Gasteiger partial charge < -0.3 is 10.3 Å². The molecule has 2 rings (SSSR count). The Kier molecular flexibility index (Phi) is 3.47. The summed E-state index contributed by atoms with van der Waals surface area (Å²) in [6.07, 6.45) is 2.30. The summed E-state index contributed by atoms with van der Waals surface area (Å²) in [5.74, 6) is 1.77. The summed E-state index contributed by atoms with van der Waals surface area (Å²) in [5.41, 5.74) is 8.17. The average molecular weight is 229 g/mol. The van der Waals surface area contributed by atoms with E-state index >= 15 is 0 Å². The molecule has 90 valence electrons. The van der Waals surface area contributed by atoms with E-state index < -0.39 is 0 Å². The third-order valence-electron chi connectivity index (χ3n) is 2.98. The monoisotopic (exact) mass is 229 g/mol. The third kappa shape index (κ3) is 2.33. The lowest BCUT2D eigenvalue weighted by Gasteiger charge is -2.06. The Balaban J connectivity index is 2.37. The number of anilines is 1. The van der Waals surface area contributed by atoms with Gasteiger partial charge >= 0.3 is 0 Å². The fraction of sp³-hybridized carbons (Fsp3) is 0.357. The second-order valence-corrected chi connectivity index (χ2v) is 4.26. The molecular weight excluding hydrogens is 210 g/mol. The Bertz CT molecular complexity index is 486. The Hall–Kier alpha value is -1.77. The largest absolute Gasteiger partial charge is 0.383 e. The van der Waals surface area contributed by atoms with Crippen molar-refractivity contribution in [2.75, 3.05) is 5.73 Å². The van der Waals surface area contributed by atoms with E-state index in [4.69, 9.17) is 5.73 Å². The predicted octanol–water partition coefficient (Wildman–Crippen LogP) is 3.24. The lowest BCUT2D eigenvalue weighted by atomic mass is 10.1. The molecule has 0 amide bonds. The molecule has 0 aliphatic heterocycles. The van der Waals surface area contributed by atoms with Crippen molar-refractivity contribution in [3.8, 4) is 11.3 Å². The van der Waals surface area contributed by atoms with Gasteiger partial charge in [-0.2, -0.15) is 0 Å². The first-order valence-electron chi connectivity index (χ1n) is 6.12. The van der Waals surface area contributed by atoms with Crippen LogP contribution in [-0.4, -0.2) is 9.55 Å². The molecule has 2 N–H and O–H groups in total. The number of nitrogens with two attached hydrogens (primary N) is 1. The lowest BCUT2D eigenvalue weighted by Crippen LogP contribution is -2.04. The maximum atomic E-state index is 6.18. The first-order valence-corrected chi connectivity index (χ1v) is 6.12. The zero-order valence-electron chi connectivity index (χ0n) is 10.5. The zero-order valence-corrected chi connectivity index (χ0v) is 10.5. The molecule has 0 radical (unpaired) electrons. The van der Waals surface area contributed by atoms with Crippen LogP contribution in [0.1, 0.15) is 25.6 Å². The average Bonchev–Trinajstić information content (AvgIpc) is 2.64. The van der Waals surface area contributed by atoms with Crippen LogP contribution in [0.15, 0.2) is 30.3 Å². The van der Waals surface area contributed by atoms with Gasteiger partial charge in [0.1, 0.15) is 17.3 Å². The van der Waals surface area contributed by atoms with Gasteiger partial charge in [-0.1, -0.05) is 43.7 Å². The second-order valence-electron chi connectivity index (χ2n) is 4.26. The van der Waals surface area contributed by atoms with Gasteiger partial charge in [-0.3, -0.25) is 0 Å². The molecule has 0 atom stereocenters. The van der Waals surface area contributed by atoms with Gasteiger partial charge in [0.2, 0.25) is 0 Å². The van der Waals surface area contributed by atoms with Gasteiger partial charge in [-0.05, 0) is 13.3 Å². The van der Waals surface area contributed by atoms with Crippen LogP contribution in [0.2, 0.25) is 0 Å². The molecule has 1 aromatic carbocycles. The van der Waals surface area contributed by atoms with E-state index in [0.29, 0.717) is 0 Å². The van der Waals surface area contributed by atoms with Crippen LogP contribution in [0, 0.1) is 6.92 Å². The van der Waals surface area contributed by atoms with Crippen LogP contribution < -0.4 is 5.73 Å². The van der Waals surface area contributed by atoms with Crippen LogP contribution >= 0.6 is 0 Å². The van der Waals surface area contributed by atoms with Crippen molar-refractivity contribution in [1.82, 2.24) is 9.55 Å². The highest BCUT2D eigenvalue weighted by Gasteiger charge is 2.12. The summed E-state index contributed by atoms with van der Waals surface area (Å²) >= 11 is 0. The zero-order chi connectivity index (χ0) is 12.3. The number of benzene rings is 1. The van der Waals surface area contributed by atoms with E-state index in [1.54, 1.807) is 0 Å². The van der Waals surface area contributed by atoms with E-state index in [9.17, 15) is 0 Å². The summed E-state index contributed by atoms with van der Waals surface area (Å²) in [4.78, 5) is 4.57. The van der Waals surface area contributed by atoms with Crippen molar-refractivity contribution in [3.63, 3.8) is 0 Å². The Morgan fingerprint density at radius 1 is 1.24 bits per heavy atom. The molecule has 0 spiro atoms. The Morgan fingerprint density at radius 3 is 2.59 bits per heavy atom. The normalized spacial score (nSPS) is 10.7. The number of hydrogen-bond acceptors (Lipinski definition) is 2. The summed E-state index contributed by atoms with van der Waals surface area (Å²) in [6, 6.07) is 10.1. The Labute approximate surface area is 102 Å². The molecule has 3 heteroatoms. The standard InChI is InChI=1S/C14H19N3/c1-3-4-10-17-11(2)16-13(14(17)15)12-8-6-5-7-9-12/h5-9H,3-4,10,15H2,1-2H3. The van der Waals surface area contributed by atoms with Crippen LogP contribution in [-0.2, 0) is 6.54 Å². The minimum atomic E-state index is 0.780. The third-order valence-corrected chi connectivity index (χ3v) is 2.98. The van der Waals surface area contributed by atoms with Crippen molar-refractivity contribution >= 4 is 5.82 Å². The number of nitrogen functional groups attached to an aromatic ring is 1. The van der Waals surface area contributed by atoms with Crippen LogP contribution in [0.3, 0.4) is 0 Å². The fourth-order valence-electron chi connectivity index (χ4n) is 1.99. The molecule has 1 heterocycles. The van der Waals surface area contributed by atoms with Gasteiger partial charge in [0, 0.05) is 12.1 Å². The molecule has 17 heavy (non-hydrogen) atoms. The Morgan fingerprint density at radius 2 is 1.94 bits per heavy atom. The van der Waals surface area contributed by atoms with Gasteiger partial charge in [-0.25, -0.2) is 4.98 Å². The number of rotatable bonds is 4. The number of aryl methyl sites for hydroxylation is 1. The van der Waals surface area contributed by atoms with Crippen LogP contribution in [0.25, 0.3) is 11.3 Å². The predicted molar refractivity (Wildman–Crippen MR) is 71.7 cm³/mol. The van der Waals surface area contributed by atoms with E-state index in [2.05, 4.69) is 16.5 Å². The molecule has 1 aromatic heterocycles. The van der Waals surface area contributed by atoms with E-state index in [1.807, 2.05) is 37.3 Å². The number of hydrogen-bond donors (Lipinski definition) is 1. The molecule has 0 saturated heterocycles. The summed E-state index contributed by atoms with van der Waals surface area (Å²) in [7, 11) is 0. The minimum absolute atomic E-state index is 0.780. The SMILES string of the molecule is CCCCn1c(C)nc(-c2ccccc2)c1N. The number of imidazole rings is 1. The number of aromatic nitrogens is 2. The summed E-state index contributed by atoms with van der Waals surface area (Å²) in [6.45, 7) is 5.15. The first-order chi connectivity index (χ1) is 8.24. The topological polar surface area (TPSA) is 43.8 Å². The highest BCUT2D eigenvalue weighted by atomic mass is 15.1.